The molecule has 3 rings (SSSR count). The van der Waals surface area contributed by atoms with Crippen LogP contribution in [0, 0.1) is 11.3 Å². The molecule has 0 spiro atoms. The molecule has 2 amide bonds. The van der Waals surface area contributed by atoms with Crippen LogP contribution in [0.2, 0.25) is 0 Å². The number of carbonyl (C=O) groups excluding carboxylic acids is 3. The van der Waals surface area contributed by atoms with Crippen LogP contribution in [-0.4, -0.2) is 29.9 Å². The Morgan fingerprint density at radius 1 is 1.32 bits per heavy atom. The number of benzene rings is 1. The van der Waals surface area contributed by atoms with Crippen LogP contribution in [-0.2, 0) is 16.0 Å². The van der Waals surface area contributed by atoms with Gasteiger partial charge in [0.05, 0.1) is 5.71 Å². The lowest BCUT2D eigenvalue weighted by Gasteiger charge is -2.22. The highest BCUT2D eigenvalue weighted by molar-refractivity contribution is 6.28. The van der Waals surface area contributed by atoms with Crippen molar-refractivity contribution >= 4 is 29.0 Å². The number of amides is 2. The number of ketones is 1. The lowest BCUT2D eigenvalue weighted by molar-refractivity contribution is -0.121. The molecule has 0 unspecified atom stereocenters. The van der Waals surface area contributed by atoms with Crippen molar-refractivity contribution in [2.75, 3.05) is 11.4 Å². The van der Waals surface area contributed by atoms with Crippen molar-refractivity contribution in [2.45, 2.75) is 40.5 Å². The molecule has 2 aliphatic rings. The lowest BCUT2D eigenvalue weighted by atomic mass is 9.79. The summed E-state index contributed by atoms with van der Waals surface area (Å²) < 4.78 is 0. The Balaban J connectivity index is 1.91. The summed E-state index contributed by atoms with van der Waals surface area (Å²) in [5.74, 6) is -1.42. The average Bonchev–Trinajstić information content (AvgIpc) is 3.16. The second kappa shape index (κ2) is 6.10. The van der Waals surface area contributed by atoms with Crippen LogP contribution >= 0.6 is 0 Å². The standard InChI is InChI=1S/C19H23N3O3/c1-5-14(23)22-9-8-11-10-12(6-7-13(11)22)16(24)15-17(19(2,3)4)20-21-18(15)25/h6-7,10,15H,5,8-9H2,1-4H3,(H,21,25)/t15-/m1/s1. The second-order valence-corrected chi connectivity index (χ2v) is 7.51. The third-order valence-electron chi connectivity index (χ3n) is 4.72. The van der Waals surface area contributed by atoms with E-state index in [1.807, 2.05) is 39.8 Å². The van der Waals surface area contributed by atoms with Crippen LogP contribution in [0.5, 0.6) is 0 Å². The number of fused-ring (bicyclic) bond motifs is 1. The number of hydrogen-bond donors (Lipinski definition) is 1. The summed E-state index contributed by atoms with van der Waals surface area (Å²) in [6, 6.07) is 5.32. The predicted molar refractivity (Wildman–Crippen MR) is 95.6 cm³/mol. The Kier molecular flexibility index (Phi) is 4.22. The van der Waals surface area contributed by atoms with Crippen molar-refractivity contribution < 1.29 is 14.4 Å². The van der Waals surface area contributed by atoms with E-state index < -0.39 is 5.92 Å². The molecule has 6 heteroatoms. The van der Waals surface area contributed by atoms with Crippen LogP contribution in [0.15, 0.2) is 23.3 Å². The molecule has 0 aliphatic carbocycles. The van der Waals surface area contributed by atoms with Crippen molar-refractivity contribution in [3.05, 3.63) is 29.3 Å². The number of hydrogen-bond acceptors (Lipinski definition) is 4. The molecule has 0 bridgehead atoms. The van der Waals surface area contributed by atoms with Crippen molar-refractivity contribution in [3.63, 3.8) is 0 Å². The third-order valence-corrected chi connectivity index (χ3v) is 4.72. The maximum absolute atomic E-state index is 13.0. The Bertz CT molecular complexity index is 790. The van der Waals surface area contributed by atoms with Gasteiger partial charge >= 0.3 is 0 Å². The zero-order chi connectivity index (χ0) is 18.4. The summed E-state index contributed by atoms with van der Waals surface area (Å²) in [4.78, 5) is 38.9. The van der Waals surface area contributed by atoms with E-state index in [4.69, 9.17) is 0 Å². The van der Waals surface area contributed by atoms with Gasteiger partial charge in [0.1, 0.15) is 5.92 Å². The number of anilines is 1. The minimum Gasteiger partial charge on any atom is -0.312 e. The van der Waals surface area contributed by atoms with Crippen molar-refractivity contribution in [1.29, 1.82) is 0 Å². The van der Waals surface area contributed by atoms with Crippen LogP contribution in [0.3, 0.4) is 0 Å². The molecular weight excluding hydrogens is 318 g/mol. The molecule has 1 N–H and O–H groups in total. The monoisotopic (exact) mass is 341 g/mol. The highest BCUT2D eigenvalue weighted by Crippen LogP contribution is 2.32. The Hall–Kier alpha value is -2.50. The third kappa shape index (κ3) is 2.97. The van der Waals surface area contributed by atoms with Crippen molar-refractivity contribution in [2.24, 2.45) is 16.4 Å². The smallest absolute Gasteiger partial charge is 0.256 e. The van der Waals surface area contributed by atoms with Gasteiger partial charge in [0.15, 0.2) is 5.78 Å². The Morgan fingerprint density at radius 2 is 2.04 bits per heavy atom. The van der Waals surface area contributed by atoms with E-state index in [1.54, 1.807) is 11.0 Å². The number of nitrogens with one attached hydrogen (secondary N) is 1. The van der Waals surface area contributed by atoms with Gasteiger partial charge in [0, 0.05) is 29.6 Å². The number of nitrogens with zero attached hydrogens (tertiary/aromatic N) is 2. The summed E-state index contributed by atoms with van der Waals surface area (Å²) in [6.45, 7) is 8.28. The minimum absolute atomic E-state index is 0.0788. The van der Waals surface area contributed by atoms with E-state index in [1.165, 1.54) is 0 Å². The molecule has 132 valence electrons. The number of carbonyl (C=O) groups is 3. The molecule has 0 saturated heterocycles. The number of rotatable bonds is 3. The molecule has 1 aromatic carbocycles. The van der Waals surface area contributed by atoms with Gasteiger partial charge in [-0.15, -0.1) is 0 Å². The molecule has 1 atom stereocenters. The Labute approximate surface area is 147 Å². The van der Waals surface area contributed by atoms with Gasteiger partial charge in [-0.2, -0.15) is 5.10 Å². The van der Waals surface area contributed by atoms with Crippen LogP contribution < -0.4 is 10.3 Å². The topological polar surface area (TPSA) is 78.8 Å². The first kappa shape index (κ1) is 17.3. The zero-order valence-electron chi connectivity index (χ0n) is 15.0. The summed E-state index contributed by atoms with van der Waals surface area (Å²) >= 11 is 0. The van der Waals surface area contributed by atoms with Gasteiger partial charge in [0.25, 0.3) is 5.91 Å². The molecule has 0 aromatic heterocycles. The fraction of sp³-hybridized carbons (Fsp3) is 0.474. The van der Waals surface area contributed by atoms with Gasteiger partial charge in [-0.3, -0.25) is 14.4 Å². The fourth-order valence-corrected chi connectivity index (χ4v) is 3.38. The summed E-state index contributed by atoms with van der Waals surface area (Å²) in [5, 5.41) is 4.08. The molecule has 0 radical (unpaired) electrons. The molecule has 0 saturated carbocycles. The van der Waals surface area contributed by atoms with E-state index in [0.29, 0.717) is 24.2 Å². The highest BCUT2D eigenvalue weighted by Gasteiger charge is 2.42. The molecular formula is C19H23N3O3. The SMILES string of the molecule is CCC(=O)N1CCc2cc(C(=O)[C@H]3C(=O)NN=C3C(C)(C)C)ccc21. The molecule has 2 heterocycles. The first-order valence-corrected chi connectivity index (χ1v) is 8.59. The summed E-state index contributed by atoms with van der Waals surface area (Å²) in [5.41, 5.74) is 4.95. The average molecular weight is 341 g/mol. The van der Waals surface area contributed by atoms with Crippen molar-refractivity contribution in [1.82, 2.24) is 5.43 Å². The van der Waals surface area contributed by atoms with Gasteiger partial charge in [-0.25, -0.2) is 5.43 Å². The van der Waals surface area contributed by atoms with Crippen molar-refractivity contribution in [3.8, 4) is 0 Å². The van der Waals surface area contributed by atoms with Crippen LogP contribution in [0.1, 0.15) is 50.0 Å². The van der Waals surface area contributed by atoms with Gasteiger partial charge in [-0.05, 0) is 30.2 Å². The molecule has 6 nitrogen and oxygen atoms in total. The summed E-state index contributed by atoms with van der Waals surface area (Å²) in [6.07, 6.45) is 1.17. The van der Waals surface area contributed by atoms with Gasteiger partial charge < -0.3 is 4.90 Å². The molecule has 1 aromatic rings. The van der Waals surface area contributed by atoms with E-state index in [-0.39, 0.29) is 23.0 Å². The van der Waals surface area contributed by atoms with E-state index in [2.05, 4.69) is 10.5 Å². The highest BCUT2D eigenvalue weighted by atomic mass is 16.2. The predicted octanol–water partition coefficient (Wildman–Crippen LogP) is 2.32. The van der Waals surface area contributed by atoms with E-state index in [9.17, 15) is 14.4 Å². The first-order chi connectivity index (χ1) is 11.7. The number of Topliss-reactive ketones (excluding diaryl/α,β-unsaturated/α-hetero) is 1. The van der Waals surface area contributed by atoms with Gasteiger partial charge in [0.2, 0.25) is 5.91 Å². The Morgan fingerprint density at radius 3 is 2.68 bits per heavy atom. The fourth-order valence-electron chi connectivity index (χ4n) is 3.38. The second-order valence-electron chi connectivity index (χ2n) is 7.51. The lowest BCUT2D eigenvalue weighted by Crippen LogP contribution is -2.36. The maximum Gasteiger partial charge on any atom is 0.256 e. The van der Waals surface area contributed by atoms with E-state index in [0.717, 1.165) is 17.7 Å². The minimum atomic E-state index is -0.882. The normalized spacial score (nSPS) is 19.5. The zero-order valence-corrected chi connectivity index (χ0v) is 15.0. The van der Waals surface area contributed by atoms with Crippen LogP contribution in [0.4, 0.5) is 5.69 Å². The summed E-state index contributed by atoms with van der Waals surface area (Å²) in [7, 11) is 0. The quantitative estimate of drug-likeness (QED) is 0.677. The first-order valence-electron chi connectivity index (χ1n) is 8.59. The molecule has 25 heavy (non-hydrogen) atoms. The molecule has 2 aliphatic heterocycles. The largest absolute Gasteiger partial charge is 0.312 e. The van der Waals surface area contributed by atoms with Gasteiger partial charge in [-0.1, -0.05) is 27.7 Å². The van der Waals surface area contributed by atoms with Crippen LogP contribution in [0.25, 0.3) is 0 Å². The number of hydrazone groups is 1. The maximum atomic E-state index is 13.0. The molecule has 0 fully saturated rings. The van der Waals surface area contributed by atoms with E-state index >= 15 is 0 Å².